The maximum Gasteiger partial charge on any atom is 0.269 e. The molecular formula is C21H23N3O6S. The van der Waals surface area contributed by atoms with Gasteiger partial charge in [0.1, 0.15) is 0 Å². The van der Waals surface area contributed by atoms with Crippen LogP contribution in [0.3, 0.4) is 0 Å². The number of hydrogen-bond donors (Lipinski definition) is 2. The van der Waals surface area contributed by atoms with Gasteiger partial charge < -0.3 is 10.1 Å². The van der Waals surface area contributed by atoms with Crippen molar-refractivity contribution in [2.45, 2.75) is 31.2 Å². The van der Waals surface area contributed by atoms with Crippen molar-refractivity contribution in [3.05, 3.63) is 80.1 Å². The molecule has 2 aromatic carbocycles. The van der Waals surface area contributed by atoms with Crippen LogP contribution in [-0.4, -0.2) is 40.9 Å². The Morgan fingerprint density at radius 1 is 1.13 bits per heavy atom. The first-order valence-corrected chi connectivity index (χ1v) is 11.2. The molecule has 0 bridgehead atoms. The van der Waals surface area contributed by atoms with Gasteiger partial charge in [0.15, 0.2) is 0 Å². The molecule has 31 heavy (non-hydrogen) atoms. The van der Waals surface area contributed by atoms with Crippen LogP contribution < -0.4 is 5.56 Å². The van der Waals surface area contributed by atoms with Crippen molar-refractivity contribution in [2.75, 3.05) is 13.2 Å². The van der Waals surface area contributed by atoms with Gasteiger partial charge in [0.25, 0.3) is 11.2 Å². The van der Waals surface area contributed by atoms with Crippen molar-refractivity contribution in [3.63, 3.8) is 0 Å². The lowest BCUT2D eigenvalue weighted by Gasteiger charge is -2.22. The number of aromatic amines is 1. The molecule has 0 amide bonds. The standard InChI is InChI=1S/C21H23N3O6S/c1-2-15-4-9-20-16(12-15)13-17(21(26)22-20)14-23(10-3-11-25)31(29,30)19-7-5-18(6-8-19)24(27)28/h4-9,12-13,25H,2-3,10-11,14H2,1H3,(H,22,26). The number of non-ortho nitro benzene ring substituents is 1. The van der Waals surface area contributed by atoms with Gasteiger partial charge in [-0.3, -0.25) is 14.9 Å². The highest BCUT2D eigenvalue weighted by molar-refractivity contribution is 7.89. The molecule has 1 heterocycles. The van der Waals surface area contributed by atoms with Crippen molar-refractivity contribution in [1.29, 1.82) is 0 Å². The van der Waals surface area contributed by atoms with E-state index in [0.29, 0.717) is 5.52 Å². The van der Waals surface area contributed by atoms with Crippen molar-refractivity contribution < 1.29 is 18.4 Å². The predicted molar refractivity (Wildman–Crippen MR) is 116 cm³/mol. The summed E-state index contributed by atoms with van der Waals surface area (Å²) < 4.78 is 27.4. The van der Waals surface area contributed by atoms with Gasteiger partial charge in [0.05, 0.1) is 9.82 Å². The minimum Gasteiger partial charge on any atom is -0.396 e. The highest BCUT2D eigenvalue weighted by Gasteiger charge is 2.26. The van der Waals surface area contributed by atoms with Crippen molar-refractivity contribution in [1.82, 2.24) is 9.29 Å². The number of nitrogens with zero attached hydrogens (tertiary/aromatic N) is 2. The van der Waals surface area contributed by atoms with E-state index < -0.39 is 20.5 Å². The number of sulfonamides is 1. The highest BCUT2D eigenvalue weighted by Crippen LogP contribution is 2.22. The van der Waals surface area contributed by atoms with Gasteiger partial charge in [0, 0.05) is 42.9 Å². The molecule has 0 spiro atoms. The maximum atomic E-state index is 13.2. The quantitative estimate of drug-likeness (QED) is 0.384. The number of H-pyrrole nitrogens is 1. The second-order valence-corrected chi connectivity index (χ2v) is 9.00. The lowest BCUT2D eigenvalue weighted by molar-refractivity contribution is -0.384. The van der Waals surface area contributed by atoms with E-state index >= 15 is 0 Å². The molecule has 10 heteroatoms. The Balaban J connectivity index is 1.99. The van der Waals surface area contributed by atoms with Crippen LogP contribution in [-0.2, 0) is 23.0 Å². The van der Waals surface area contributed by atoms with Crippen molar-refractivity contribution in [3.8, 4) is 0 Å². The number of rotatable bonds is 9. The molecule has 0 aliphatic rings. The van der Waals surface area contributed by atoms with E-state index in [1.54, 1.807) is 6.07 Å². The highest BCUT2D eigenvalue weighted by atomic mass is 32.2. The molecule has 9 nitrogen and oxygen atoms in total. The molecule has 2 N–H and O–H groups in total. The van der Waals surface area contributed by atoms with E-state index in [9.17, 15) is 28.4 Å². The van der Waals surface area contributed by atoms with E-state index in [1.807, 2.05) is 25.1 Å². The van der Waals surface area contributed by atoms with Crippen molar-refractivity contribution >= 4 is 26.6 Å². The molecule has 0 atom stereocenters. The topological polar surface area (TPSA) is 134 Å². The molecule has 3 aromatic rings. The molecular weight excluding hydrogens is 422 g/mol. The molecule has 0 aliphatic carbocycles. The summed E-state index contributed by atoms with van der Waals surface area (Å²) in [7, 11) is -4.05. The Hall–Kier alpha value is -3.08. The van der Waals surface area contributed by atoms with Gasteiger partial charge in [-0.05, 0) is 54.1 Å². The van der Waals surface area contributed by atoms with Crippen LogP contribution in [0.2, 0.25) is 0 Å². The molecule has 0 saturated heterocycles. The molecule has 0 saturated carbocycles. The summed E-state index contributed by atoms with van der Waals surface area (Å²) in [5, 5.41) is 20.8. The number of fused-ring (bicyclic) bond motifs is 1. The molecule has 0 unspecified atom stereocenters. The van der Waals surface area contributed by atoms with E-state index in [1.165, 1.54) is 0 Å². The minimum absolute atomic E-state index is 0.0116. The van der Waals surface area contributed by atoms with Crippen LogP contribution >= 0.6 is 0 Å². The van der Waals surface area contributed by atoms with Crippen molar-refractivity contribution in [2.24, 2.45) is 0 Å². The Morgan fingerprint density at radius 3 is 2.45 bits per heavy atom. The van der Waals surface area contributed by atoms with Gasteiger partial charge in [-0.15, -0.1) is 0 Å². The number of pyridine rings is 1. The molecule has 3 rings (SSSR count). The normalized spacial score (nSPS) is 11.8. The van der Waals surface area contributed by atoms with E-state index in [-0.39, 0.29) is 42.3 Å². The lowest BCUT2D eigenvalue weighted by atomic mass is 10.1. The van der Waals surface area contributed by atoms with Gasteiger partial charge in [0.2, 0.25) is 10.0 Å². The SMILES string of the molecule is CCc1ccc2[nH]c(=O)c(CN(CCCO)S(=O)(=O)c3ccc([N+](=O)[O-])cc3)cc2c1. The Kier molecular flexibility index (Phi) is 6.84. The fourth-order valence-corrected chi connectivity index (χ4v) is 4.71. The largest absolute Gasteiger partial charge is 0.396 e. The van der Waals surface area contributed by atoms with Gasteiger partial charge >= 0.3 is 0 Å². The zero-order valence-corrected chi connectivity index (χ0v) is 17.8. The second-order valence-electron chi connectivity index (χ2n) is 7.07. The average Bonchev–Trinajstić information content (AvgIpc) is 2.76. The van der Waals surface area contributed by atoms with Gasteiger partial charge in [-0.25, -0.2) is 8.42 Å². The van der Waals surface area contributed by atoms with E-state index in [2.05, 4.69) is 4.98 Å². The molecule has 164 valence electrons. The Morgan fingerprint density at radius 2 is 1.84 bits per heavy atom. The number of aromatic nitrogens is 1. The third-order valence-corrected chi connectivity index (χ3v) is 6.85. The third kappa shape index (κ3) is 4.98. The number of aryl methyl sites for hydroxylation is 1. The predicted octanol–water partition coefficient (Wildman–Crippen LogP) is 2.57. The molecule has 1 aromatic heterocycles. The monoisotopic (exact) mass is 445 g/mol. The smallest absolute Gasteiger partial charge is 0.269 e. The minimum atomic E-state index is -4.05. The first kappa shape index (κ1) is 22.6. The van der Waals surface area contributed by atoms with Crippen LogP contribution in [0.1, 0.15) is 24.5 Å². The van der Waals surface area contributed by atoms with Crippen LogP contribution in [0.25, 0.3) is 10.9 Å². The van der Waals surface area contributed by atoms with E-state index in [0.717, 1.165) is 45.9 Å². The summed E-state index contributed by atoms with van der Waals surface area (Å²) in [6.45, 7) is 1.59. The summed E-state index contributed by atoms with van der Waals surface area (Å²) in [5.41, 5.74) is 1.39. The van der Waals surface area contributed by atoms with Crippen LogP contribution in [0.5, 0.6) is 0 Å². The number of aliphatic hydroxyl groups is 1. The number of nitro benzene ring substituents is 1. The molecule has 0 aliphatic heterocycles. The molecule has 0 radical (unpaired) electrons. The Labute approximate surface area is 179 Å². The first-order valence-electron chi connectivity index (χ1n) is 9.76. The third-order valence-electron chi connectivity index (χ3n) is 4.99. The number of nitrogens with one attached hydrogen (secondary N) is 1. The molecule has 0 fully saturated rings. The fraction of sp³-hybridized carbons (Fsp3) is 0.286. The van der Waals surface area contributed by atoms with Crippen LogP contribution in [0.4, 0.5) is 5.69 Å². The number of nitro groups is 1. The Bertz CT molecular complexity index is 1250. The zero-order valence-electron chi connectivity index (χ0n) is 16.9. The summed E-state index contributed by atoms with van der Waals surface area (Å²) in [5.74, 6) is 0. The number of benzene rings is 2. The summed E-state index contributed by atoms with van der Waals surface area (Å²) in [4.78, 5) is 25.5. The summed E-state index contributed by atoms with van der Waals surface area (Å²) >= 11 is 0. The lowest BCUT2D eigenvalue weighted by Crippen LogP contribution is -2.34. The van der Waals surface area contributed by atoms with E-state index in [4.69, 9.17) is 0 Å². The van der Waals surface area contributed by atoms with Gasteiger partial charge in [-0.1, -0.05) is 13.0 Å². The number of aliphatic hydroxyl groups excluding tert-OH is 1. The fourth-order valence-electron chi connectivity index (χ4n) is 3.25. The van der Waals surface area contributed by atoms with Crippen LogP contribution in [0.15, 0.2) is 58.2 Å². The summed E-state index contributed by atoms with van der Waals surface area (Å²) in [6.07, 6.45) is 0.999. The maximum absolute atomic E-state index is 13.2. The average molecular weight is 445 g/mol. The zero-order chi connectivity index (χ0) is 22.6. The first-order chi connectivity index (χ1) is 14.8. The van der Waals surface area contributed by atoms with Crippen LogP contribution in [0, 0.1) is 10.1 Å². The summed E-state index contributed by atoms with van der Waals surface area (Å²) in [6, 6.07) is 11.9. The number of hydrogen-bond acceptors (Lipinski definition) is 6. The second kappa shape index (κ2) is 9.38. The van der Waals surface area contributed by atoms with Gasteiger partial charge in [-0.2, -0.15) is 4.31 Å².